The smallest absolute Gasteiger partial charge is 0.0272 e. The highest BCUT2D eigenvalue weighted by atomic mass is 31.0. The van der Waals surface area contributed by atoms with Gasteiger partial charge in [-0.1, -0.05) is 11.6 Å². The van der Waals surface area contributed by atoms with Crippen LogP contribution >= 0.6 is 17.7 Å². The van der Waals surface area contributed by atoms with E-state index in [1.807, 2.05) is 11.6 Å². The average molecular weight is 118 g/mol. The molecule has 0 aromatic heterocycles. The first-order chi connectivity index (χ1) is 2.91. The molecule has 0 saturated carbocycles. The molecule has 6 heavy (non-hydrogen) atoms. The second-order valence-corrected chi connectivity index (χ2v) is 1.80. The van der Waals surface area contributed by atoms with Crippen LogP contribution in [0.3, 0.4) is 0 Å². The summed E-state index contributed by atoms with van der Waals surface area (Å²) in [6.07, 6.45) is 2.20. The Bertz CT molecular complexity index is 41.5. The van der Waals surface area contributed by atoms with Gasteiger partial charge < -0.3 is 0 Å². The molecule has 34 valence electrons. The number of unbranched alkanes of at least 4 members (excludes halogenated alkanes) is 1. The van der Waals surface area contributed by atoms with E-state index in [0.29, 0.717) is 0 Å². The van der Waals surface area contributed by atoms with E-state index in [0.717, 1.165) is 12.8 Å². The average Bonchev–Trinajstić information content (AvgIpc) is 1.61. The molecule has 0 N–H and O–H groups in total. The van der Waals surface area contributed by atoms with Crippen molar-refractivity contribution in [1.82, 2.24) is 0 Å². The maximum atomic E-state index is 3.23. The fraction of sp³-hybridized carbons (Fsp3) is 0.500. The second-order valence-electron chi connectivity index (χ2n) is 0.986. The highest BCUT2D eigenvalue weighted by molar-refractivity contribution is 7.18. The first kappa shape index (κ1) is 6.34. The molecule has 0 spiro atoms. The SMILES string of the molecule is P=CCCC=P. The Morgan fingerprint density at radius 1 is 1.00 bits per heavy atom. The minimum Gasteiger partial charge on any atom is -0.127 e. The summed E-state index contributed by atoms with van der Waals surface area (Å²) in [6, 6.07) is 0. The standard InChI is InChI=1S/C4H8P2/c5-3-1-2-4-6/h3-6H,1-2H2. The molecule has 0 heterocycles. The van der Waals surface area contributed by atoms with Crippen LogP contribution in [0.2, 0.25) is 0 Å². The molecule has 0 aliphatic carbocycles. The van der Waals surface area contributed by atoms with Gasteiger partial charge in [-0.15, -0.1) is 17.7 Å². The van der Waals surface area contributed by atoms with Gasteiger partial charge in [0.15, 0.2) is 0 Å². The largest absolute Gasteiger partial charge is 0.127 e. The summed E-state index contributed by atoms with van der Waals surface area (Å²) in [7, 11) is 6.45. The summed E-state index contributed by atoms with van der Waals surface area (Å²) < 4.78 is 0. The molecule has 0 nitrogen and oxygen atoms in total. The van der Waals surface area contributed by atoms with Crippen molar-refractivity contribution < 1.29 is 0 Å². The molecule has 2 heteroatoms. The summed E-state index contributed by atoms with van der Waals surface area (Å²) in [5.74, 6) is 3.91. The van der Waals surface area contributed by atoms with Crippen LogP contribution in [0.15, 0.2) is 0 Å². The van der Waals surface area contributed by atoms with Gasteiger partial charge >= 0.3 is 0 Å². The zero-order valence-corrected chi connectivity index (χ0v) is 5.57. The summed E-state index contributed by atoms with van der Waals surface area (Å²) in [6.45, 7) is 0. The third-order valence-corrected chi connectivity index (χ3v) is 1.03. The molecular weight excluding hydrogens is 110 g/mol. The van der Waals surface area contributed by atoms with Crippen molar-refractivity contribution >= 4 is 29.3 Å². The number of hydrogen-bond donors (Lipinski definition) is 0. The Hall–Kier alpha value is 0.340. The van der Waals surface area contributed by atoms with Gasteiger partial charge in [0, 0.05) is 0 Å². The lowest BCUT2D eigenvalue weighted by Crippen LogP contribution is -1.68. The zero-order valence-electron chi connectivity index (χ0n) is 3.57. The minimum absolute atomic E-state index is 1.10. The quantitative estimate of drug-likeness (QED) is 0.390. The van der Waals surface area contributed by atoms with E-state index in [1.165, 1.54) is 0 Å². The molecule has 0 aromatic rings. The van der Waals surface area contributed by atoms with Crippen LogP contribution < -0.4 is 0 Å². The lowest BCUT2D eigenvalue weighted by atomic mass is 10.4. The van der Waals surface area contributed by atoms with Crippen LogP contribution in [0.1, 0.15) is 12.8 Å². The van der Waals surface area contributed by atoms with E-state index in [2.05, 4.69) is 17.7 Å². The monoisotopic (exact) mass is 118 g/mol. The van der Waals surface area contributed by atoms with E-state index >= 15 is 0 Å². The molecular formula is C4H8P2. The molecule has 0 amide bonds. The van der Waals surface area contributed by atoms with E-state index in [9.17, 15) is 0 Å². The summed E-state index contributed by atoms with van der Waals surface area (Å²) >= 11 is 0. The maximum absolute atomic E-state index is 3.23. The Labute approximate surface area is 43.0 Å². The Morgan fingerprint density at radius 3 is 1.50 bits per heavy atom. The lowest BCUT2D eigenvalue weighted by Gasteiger charge is -1.75. The molecule has 0 saturated heterocycles. The van der Waals surface area contributed by atoms with E-state index in [-0.39, 0.29) is 0 Å². The fourth-order valence-corrected chi connectivity index (χ4v) is 0.500. The first-order valence-corrected chi connectivity index (χ1v) is 3.05. The zero-order chi connectivity index (χ0) is 4.83. The van der Waals surface area contributed by atoms with E-state index in [1.54, 1.807) is 0 Å². The molecule has 0 rings (SSSR count). The normalized spacial score (nSPS) is 7.33. The molecule has 0 bridgehead atoms. The topological polar surface area (TPSA) is 0 Å². The van der Waals surface area contributed by atoms with Gasteiger partial charge in [-0.05, 0) is 12.8 Å². The molecule has 0 aliphatic rings. The Morgan fingerprint density at radius 2 is 1.33 bits per heavy atom. The van der Waals surface area contributed by atoms with Crippen molar-refractivity contribution in [3.8, 4) is 0 Å². The summed E-state index contributed by atoms with van der Waals surface area (Å²) in [5, 5.41) is 0. The van der Waals surface area contributed by atoms with Gasteiger partial charge in [-0.3, -0.25) is 0 Å². The van der Waals surface area contributed by atoms with Crippen LogP contribution in [-0.2, 0) is 0 Å². The second kappa shape index (κ2) is 5.34. The minimum atomic E-state index is 1.10. The maximum Gasteiger partial charge on any atom is -0.0272 e. The van der Waals surface area contributed by atoms with Crippen LogP contribution in [0, 0.1) is 0 Å². The third-order valence-electron chi connectivity index (χ3n) is 0.455. The van der Waals surface area contributed by atoms with Crippen molar-refractivity contribution in [3.05, 3.63) is 0 Å². The predicted molar refractivity (Wildman–Crippen MR) is 38.0 cm³/mol. The van der Waals surface area contributed by atoms with Crippen molar-refractivity contribution in [1.29, 1.82) is 0 Å². The molecule has 0 radical (unpaired) electrons. The van der Waals surface area contributed by atoms with E-state index in [4.69, 9.17) is 0 Å². The van der Waals surface area contributed by atoms with Gasteiger partial charge in [0.25, 0.3) is 0 Å². The van der Waals surface area contributed by atoms with Gasteiger partial charge in [0.1, 0.15) is 0 Å². The lowest BCUT2D eigenvalue weighted by molar-refractivity contribution is 1.23. The molecule has 0 aliphatic heterocycles. The van der Waals surface area contributed by atoms with Crippen molar-refractivity contribution in [2.75, 3.05) is 0 Å². The highest BCUT2D eigenvalue weighted by Gasteiger charge is 1.67. The van der Waals surface area contributed by atoms with E-state index < -0.39 is 0 Å². The highest BCUT2D eigenvalue weighted by Crippen LogP contribution is 1.80. The third kappa shape index (κ3) is 4.34. The van der Waals surface area contributed by atoms with Crippen LogP contribution in [0.25, 0.3) is 0 Å². The van der Waals surface area contributed by atoms with Crippen LogP contribution in [0.5, 0.6) is 0 Å². The van der Waals surface area contributed by atoms with Gasteiger partial charge in [-0.2, -0.15) is 0 Å². The number of rotatable bonds is 3. The van der Waals surface area contributed by atoms with Gasteiger partial charge in [0.2, 0.25) is 0 Å². The van der Waals surface area contributed by atoms with Crippen molar-refractivity contribution in [3.63, 3.8) is 0 Å². The van der Waals surface area contributed by atoms with Gasteiger partial charge in [-0.25, -0.2) is 0 Å². The van der Waals surface area contributed by atoms with Crippen LogP contribution in [-0.4, -0.2) is 11.6 Å². The Kier molecular flexibility index (Phi) is 5.64. The molecule has 0 atom stereocenters. The fourth-order valence-electron chi connectivity index (χ4n) is 0.167. The first-order valence-electron chi connectivity index (χ1n) is 1.89. The Balaban J connectivity index is 2.66. The molecule has 0 unspecified atom stereocenters. The summed E-state index contributed by atoms with van der Waals surface area (Å²) in [4.78, 5) is 0. The number of hydrogen-bond acceptors (Lipinski definition) is 0. The van der Waals surface area contributed by atoms with Crippen molar-refractivity contribution in [2.24, 2.45) is 0 Å². The van der Waals surface area contributed by atoms with Crippen molar-refractivity contribution in [2.45, 2.75) is 12.8 Å². The molecule has 0 fully saturated rings. The predicted octanol–water partition coefficient (Wildman–Crippen LogP) is 1.66. The van der Waals surface area contributed by atoms with Gasteiger partial charge in [0.05, 0.1) is 0 Å². The summed E-state index contributed by atoms with van der Waals surface area (Å²) in [5.41, 5.74) is 0. The molecule has 0 aromatic carbocycles. The van der Waals surface area contributed by atoms with Crippen LogP contribution in [0.4, 0.5) is 0 Å².